The minimum absolute atomic E-state index is 0.336. The molecule has 18 heavy (non-hydrogen) atoms. The van der Waals surface area contributed by atoms with E-state index in [0.717, 1.165) is 0 Å². The van der Waals surface area contributed by atoms with E-state index >= 15 is 0 Å². The molecule has 0 amide bonds. The highest BCUT2D eigenvalue weighted by Gasteiger charge is 2.15. The van der Waals surface area contributed by atoms with E-state index in [1.165, 1.54) is 33.3 Å². The Morgan fingerprint density at radius 3 is 2.50 bits per heavy atom. The summed E-state index contributed by atoms with van der Waals surface area (Å²) in [6, 6.07) is 3.83. The smallest absolute Gasteiger partial charge is 0.337 e. The molecule has 1 unspecified atom stereocenters. The lowest BCUT2D eigenvalue weighted by molar-refractivity contribution is -0.137. The lowest BCUT2D eigenvalue weighted by Crippen LogP contribution is -2.25. The molecule has 6 heteroatoms. The van der Waals surface area contributed by atoms with E-state index in [-0.39, 0.29) is 0 Å². The van der Waals surface area contributed by atoms with E-state index in [2.05, 4.69) is 10.1 Å². The molecule has 1 aromatic carbocycles. The van der Waals surface area contributed by atoms with E-state index in [1.807, 2.05) is 0 Å². The molecule has 0 spiro atoms. The van der Waals surface area contributed by atoms with Gasteiger partial charge in [-0.3, -0.25) is 4.79 Å². The number of rotatable bonds is 5. The zero-order valence-electron chi connectivity index (χ0n) is 10.4. The second-order valence-electron chi connectivity index (χ2n) is 3.61. The molecule has 6 nitrogen and oxygen atoms in total. The topological polar surface area (TPSA) is 84.9 Å². The molecule has 0 saturated carbocycles. The Balaban J connectivity index is 3.00. The Hall–Kier alpha value is -2.24. The summed E-state index contributed by atoms with van der Waals surface area (Å²) in [6.07, 6.45) is 0. The molecule has 1 atom stereocenters. The number of esters is 1. The molecule has 0 aliphatic rings. The maximum atomic E-state index is 11.3. The van der Waals surface area contributed by atoms with Crippen LogP contribution in [0.5, 0.6) is 5.75 Å². The third-order valence-electron chi connectivity index (χ3n) is 2.37. The lowest BCUT2D eigenvalue weighted by Gasteiger charge is -2.14. The highest BCUT2D eigenvalue weighted by molar-refractivity contribution is 5.91. The maximum absolute atomic E-state index is 11.3. The average Bonchev–Trinajstić information content (AvgIpc) is 2.37. The second kappa shape index (κ2) is 5.90. The third-order valence-corrected chi connectivity index (χ3v) is 2.37. The zero-order valence-corrected chi connectivity index (χ0v) is 10.4. The van der Waals surface area contributed by atoms with Crippen LogP contribution in [0.15, 0.2) is 18.2 Å². The monoisotopic (exact) mass is 253 g/mol. The molecule has 0 aliphatic carbocycles. The van der Waals surface area contributed by atoms with E-state index < -0.39 is 18.0 Å². The first-order chi connectivity index (χ1) is 8.49. The number of carbonyl (C=O) groups excluding carboxylic acids is 1. The van der Waals surface area contributed by atoms with Crippen LogP contribution in [-0.2, 0) is 9.53 Å². The van der Waals surface area contributed by atoms with Crippen LogP contribution in [0.3, 0.4) is 0 Å². The number of carboxylic acids is 1. The second-order valence-corrected chi connectivity index (χ2v) is 3.61. The molecule has 98 valence electrons. The number of carboxylic acid groups (broad SMARTS) is 1. The molecule has 0 aliphatic heterocycles. The molecule has 1 aromatic rings. The summed E-state index contributed by atoms with van der Waals surface area (Å²) in [5.74, 6) is -1.08. The number of carbonyl (C=O) groups is 2. The van der Waals surface area contributed by atoms with Gasteiger partial charge in [0, 0.05) is 0 Å². The summed E-state index contributed by atoms with van der Waals surface area (Å²) in [4.78, 5) is 22.1. The molecular weight excluding hydrogens is 238 g/mol. The predicted octanol–water partition coefficient (Wildman–Crippen LogP) is 1.37. The average molecular weight is 253 g/mol. The summed E-state index contributed by atoms with van der Waals surface area (Å²) >= 11 is 0. The first-order valence-electron chi connectivity index (χ1n) is 5.25. The van der Waals surface area contributed by atoms with E-state index in [0.29, 0.717) is 17.0 Å². The molecule has 0 heterocycles. The van der Waals surface area contributed by atoms with E-state index in [4.69, 9.17) is 9.84 Å². The molecule has 0 aromatic heterocycles. The quantitative estimate of drug-likeness (QED) is 0.771. The van der Waals surface area contributed by atoms with Gasteiger partial charge in [0.15, 0.2) is 0 Å². The minimum Gasteiger partial charge on any atom is -0.495 e. The van der Waals surface area contributed by atoms with Gasteiger partial charge in [-0.05, 0) is 25.1 Å². The largest absolute Gasteiger partial charge is 0.495 e. The van der Waals surface area contributed by atoms with E-state index in [1.54, 1.807) is 6.07 Å². The highest BCUT2D eigenvalue weighted by atomic mass is 16.5. The van der Waals surface area contributed by atoms with Crippen molar-refractivity contribution >= 4 is 17.6 Å². The molecule has 2 N–H and O–H groups in total. The summed E-state index contributed by atoms with van der Waals surface area (Å²) in [7, 11) is 2.72. The third kappa shape index (κ3) is 3.13. The van der Waals surface area contributed by atoms with Gasteiger partial charge < -0.3 is 19.9 Å². The normalized spacial score (nSPS) is 11.5. The van der Waals surface area contributed by atoms with Crippen molar-refractivity contribution in [1.29, 1.82) is 0 Å². The lowest BCUT2D eigenvalue weighted by atomic mass is 10.1. The summed E-state index contributed by atoms with van der Waals surface area (Å²) in [6.45, 7) is 1.51. The highest BCUT2D eigenvalue weighted by Crippen LogP contribution is 2.26. The Morgan fingerprint density at radius 1 is 1.33 bits per heavy atom. The van der Waals surface area contributed by atoms with Crippen molar-refractivity contribution in [3.8, 4) is 5.75 Å². The molecular formula is C12H15NO5. The standard InChI is InChI=1S/C12H15NO5/c1-7(11(14)15)13-9-5-4-8(12(16)18-3)6-10(9)17-2/h4-7,13H,1-3H3,(H,14,15). The number of methoxy groups -OCH3 is 2. The van der Waals surface area contributed by atoms with Crippen LogP contribution in [0.1, 0.15) is 17.3 Å². The van der Waals surface area contributed by atoms with Gasteiger partial charge in [0.2, 0.25) is 0 Å². The van der Waals surface area contributed by atoms with Crippen LogP contribution in [0.4, 0.5) is 5.69 Å². The fraction of sp³-hybridized carbons (Fsp3) is 0.333. The van der Waals surface area contributed by atoms with E-state index in [9.17, 15) is 9.59 Å². The van der Waals surface area contributed by atoms with Crippen molar-refractivity contribution < 1.29 is 24.2 Å². The first-order valence-corrected chi connectivity index (χ1v) is 5.25. The number of hydrogen-bond donors (Lipinski definition) is 2. The molecule has 0 bridgehead atoms. The van der Waals surface area contributed by atoms with Crippen molar-refractivity contribution in [2.24, 2.45) is 0 Å². The molecule has 0 fully saturated rings. The van der Waals surface area contributed by atoms with Gasteiger partial charge >= 0.3 is 11.9 Å². The van der Waals surface area contributed by atoms with Gasteiger partial charge in [-0.1, -0.05) is 0 Å². The fourth-order valence-electron chi connectivity index (χ4n) is 1.35. The number of hydrogen-bond acceptors (Lipinski definition) is 5. The molecule has 0 radical (unpaired) electrons. The predicted molar refractivity (Wildman–Crippen MR) is 65.1 cm³/mol. The van der Waals surface area contributed by atoms with Gasteiger partial charge in [0.1, 0.15) is 11.8 Å². The Kier molecular flexibility index (Phi) is 4.53. The van der Waals surface area contributed by atoms with Crippen molar-refractivity contribution in [2.75, 3.05) is 19.5 Å². The number of aliphatic carboxylic acids is 1. The summed E-state index contributed by atoms with van der Waals surface area (Å²) in [5.41, 5.74) is 0.836. The number of nitrogens with one attached hydrogen (secondary N) is 1. The van der Waals surface area contributed by atoms with Gasteiger partial charge in [0.05, 0.1) is 25.5 Å². The summed E-state index contributed by atoms with van der Waals surface area (Å²) in [5, 5.41) is 11.6. The van der Waals surface area contributed by atoms with Gasteiger partial charge in [-0.25, -0.2) is 4.79 Å². The van der Waals surface area contributed by atoms with Gasteiger partial charge in [0.25, 0.3) is 0 Å². The number of benzene rings is 1. The maximum Gasteiger partial charge on any atom is 0.337 e. The fourth-order valence-corrected chi connectivity index (χ4v) is 1.35. The Labute approximate surface area is 105 Å². The van der Waals surface area contributed by atoms with Crippen molar-refractivity contribution in [1.82, 2.24) is 0 Å². The Bertz CT molecular complexity index is 458. The van der Waals surface area contributed by atoms with Crippen LogP contribution < -0.4 is 10.1 Å². The van der Waals surface area contributed by atoms with Crippen molar-refractivity contribution in [2.45, 2.75) is 13.0 Å². The van der Waals surface area contributed by atoms with Gasteiger partial charge in [-0.2, -0.15) is 0 Å². The van der Waals surface area contributed by atoms with Crippen molar-refractivity contribution in [3.63, 3.8) is 0 Å². The number of ether oxygens (including phenoxy) is 2. The SMILES string of the molecule is COC(=O)c1ccc(NC(C)C(=O)O)c(OC)c1. The molecule has 0 saturated heterocycles. The minimum atomic E-state index is -0.978. The van der Waals surface area contributed by atoms with Crippen LogP contribution in [0.2, 0.25) is 0 Å². The Morgan fingerprint density at radius 2 is 2.00 bits per heavy atom. The zero-order chi connectivity index (χ0) is 13.7. The summed E-state index contributed by atoms with van der Waals surface area (Å²) < 4.78 is 9.68. The van der Waals surface area contributed by atoms with Gasteiger partial charge in [-0.15, -0.1) is 0 Å². The number of anilines is 1. The van der Waals surface area contributed by atoms with Crippen LogP contribution >= 0.6 is 0 Å². The van der Waals surface area contributed by atoms with Crippen LogP contribution in [0.25, 0.3) is 0 Å². The van der Waals surface area contributed by atoms with Crippen LogP contribution in [0, 0.1) is 0 Å². The van der Waals surface area contributed by atoms with Crippen molar-refractivity contribution in [3.05, 3.63) is 23.8 Å². The molecule has 1 rings (SSSR count). The van der Waals surface area contributed by atoms with Crippen LogP contribution in [-0.4, -0.2) is 37.3 Å². The first kappa shape index (κ1) is 13.8.